The van der Waals surface area contributed by atoms with Crippen LogP contribution in [0.15, 0.2) is 51.9 Å². The minimum Gasteiger partial charge on any atom is -0.488 e. The molecule has 0 aliphatic carbocycles. The maximum Gasteiger partial charge on any atom is 0.255 e. The Morgan fingerprint density at radius 2 is 1.83 bits per heavy atom. The Labute approximate surface area is 175 Å². The predicted octanol–water partition coefficient (Wildman–Crippen LogP) is 2.76. The molecular weight excluding hydrogens is 406 g/mol. The highest BCUT2D eigenvalue weighted by Gasteiger charge is 2.16. The van der Waals surface area contributed by atoms with Crippen LogP contribution in [0.5, 0.6) is 5.75 Å². The number of hydrogen-bond acceptors (Lipinski definition) is 6. The van der Waals surface area contributed by atoms with Gasteiger partial charge in [-0.25, -0.2) is 13.6 Å². The van der Waals surface area contributed by atoms with Crippen LogP contribution in [-0.4, -0.2) is 19.5 Å². The average Bonchev–Trinajstić information content (AvgIpc) is 3.02. The van der Waals surface area contributed by atoms with Gasteiger partial charge in [-0.05, 0) is 56.2 Å². The number of hydrogen-bond donors (Lipinski definition) is 2. The molecule has 8 nitrogen and oxygen atoms in total. The summed E-state index contributed by atoms with van der Waals surface area (Å²) in [4.78, 5) is 12.8. The lowest BCUT2D eigenvalue weighted by atomic mass is 10.1. The van der Waals surface area contributed by atoms with E-state index in [1.165, 1.54) is 12.1 Å². The topological polar surface area (TPSA) is 125 Å². The smallest absolute Gasteiger partial charge is 0.255 e. The Hall–Kier alpha value is -3.17. The Morgan fingerprint density at radius 1 is 1.13 bits per heavy atom. The zero-order valence-electron chi connectivity index (χ0n) is 16.9. The zero-order chi connectivity index (χ0) is 21.9. The highest BCUT2D eigenvalue weighted by molar-refractivity contribution is 7.89. The summed E-state index contributed by atoms with van der Waals surface area (Å²) >= 11 is 0. The summed E-state index contributed by atoms with van der Waals surface area (Å²) in [6, 6.07) is 11.3. The summed E-state index contributed by atoms with van der Waals surface area (Å²) in [6.45, 7) is 6.02. The van der Waals surface area contributed by atoms with Gasteiger partial charge in [0.25, 0.3) is 5.91 Å². The summed E-state index contributed by atoms with van der Waals surface area (Å²) in [5, 5.41) is 11.8. The van der Waals surface area contributed by atoms with Crippen LogP contribution in [-0.2, 0) is 23.2 Å². The van der Waals surface area contributed by atoms with Gasteiger partial charge < -0.3 is 14.6 Å². The molecule has 0 saturated heterocycles. The summed E-state index contributed by atoms with van der Waals surface area (Å²) < 4.78 is 33.7. The Balaban J connectivity index is 1.71. The molecule has 0 radical (unpaired) electrons. The standard InChI is InChI=1S/C21H23N3O5S/c1-13-4-9-18(20(10-13)28-12-19-14(2)24-29-15(19)3)21(25)23-11-16-5-7-17(8-6-16)30(22,26)27/h4-10H,11-12H2,1-3H3,(H,23,25)(H2,22,26,27). The minimum atomic E-state index is -3.75. The van der Waals surface area contributed by atoms with Crippen LogP contribution in [0, 0.1) is 20.8 Å². The van der Waals surface area contributed by atoms with Crippen LogP contribution in [0.4, 0.5) is 0 Å². The van der Waals surface area contributed by atoms with Crippen LogP contribution >= 0.6 is 0 Å². The number of aromatic nitrogens is 1. The summed E-state index contributed by atoms with van der Waals surface area (Å²) in [5.41, 5.74) is 3.68. The van der Waals surface area contributed by atoms with E-state index >= 15 is 0 Å². The number of ether oxygens (including phenoxy) is 1. The molecule has 1 heterocycles. The number of benzene rings is 2. The van der Waals surface area contributed by atoms with Crippen molar-refractivity contribution < 1.29 is 22.5 Å². The predicted molar refractivity (Wildman–Crippen MR) is 110 cm³/mol. The SMILES string of the molecule is Cc1ccc(C(=O)NCc2ccc(S(N)(=O)=O)cc2)c(OCc2c(C)noc2C)c1. The molecule has 0 bridgehead atoms. The molecule has 1 aromatic heterocycles. The molecule has 2 aromatic carbocycles. The van der Waals surface area contributed by atoms with Gasteiger partial charge in [-0.1, -0.05) is 23.4 Å². The molecule has 0 spiro atoms. The normalized spacial score (nSPS) is 11.3. The highest BCUT2D eigenvalue weighted by atomic mass is 32.2. The molecule has 3 rings (SSSR count). The number of amides is 1. The molecule has 30 heavy (non-hydrogen) atoms. The van der Waals surface area contributed by atoms with Gasteiger partial charge in [0.15, 0.2) is 0 Å². The van der Waals surface area contributed by atoms with E-state index in [1.54, 1.807) is 24.3 Å². The molecule has 0 atom stereocenters. The molecule has 9 heteroatoms. The van der Waals surface area contributed by atoms with Gasteiger partial charge in [-0.15, -0.1) is 0 Å². The first-order valence-electron chi connectivity index (χ1n) is 9.20. The fourth-order valence-electron chi connectivity index (χ4n) is 2.87. The maximum absolute atomic E-state index is 12.7. The molecule has 0 saturated carbocycles. The van der Waals surface area contributed by atoms with Crippen molar-refractivity contribution in [2.75, 3.05) is 0 Å². The van der Waals surface area contributed by atoms with Crippen LogP contribution in [0.3, 0.4) is 0 Å². The lowest BCUT2D eigenvalue weighted by molar-refractivity contribution is 0.0946. The summed E-state index contributed by atoms with van der Waals surface area (Å²) in [6.07, 6.45) is 0. The third kappa shape index (κ3) is 5.05. The number of sulfonamides is 1. The van der Waals surface area contributed by atoms with Gasteiger partial charge >= 0.3 is 0 Å². The van der Waals surface area contributed by atoms with E-state index in [-0.39, 0.29) is 24.0 Å². The lowest BCUT2D eigenvalue weighted by Crippen LogP contribution is -2.23. The van der Waals surface area contributed by atoms with E-state index in [2.05, 4.69) is 10.5 Å². The van der Waals surface area contributed by atoms with Crippen LogP contribution < -0.4 is 15.2 Å². The number of rotatable bonds is 7. The van der Waals surface area contributed by atoms with Gasteiger partial charge in [0.05, 0.1) is 21.7 Å². The number of carbonyl (C=O) groups excluding carboxylic acids is 1. The number of primary sulfonamides is 1. The van der Waals surface area contributed by atoms with Crippen molar-refractivity contribution in [3.8, 4) is 5.75 Å². The van der Waals surface area contributed by atoms with Gasteiger partial charge in [0.1, 0.15) is 18.1 Å². The molecule has 158 valence electrons. The number of nitrogens with zero attached hydrogens (tertiary/aromatic N) is 1. The van der Waals surface area contributed by atoms with Gasteiger partial charge in [-0.3, -0.25) is 4.79 Å². The first kappa shape index (κ1) is 21.5. The second-order valence-corrected chi connectivity index (χ2v) is 8.52. The molecule has 0 aliphatic heterocycles. The van der Waals surface area contributed by atoms with Crippen LogP contribution in [0.2, 0.25) is 0 Å². The molecule has 0 fully saturated rings. The minimum absolute atomic E-state index is 0.0196. The van der Waals surface area contributed by atoms with Gasteiger partial charge in [0.2, 0.25) is 10.0 Å². The Bertz CT molecular complexity index is 1150. The van der Waals surface area contributed by atoms with Crippen molar-refractivity contribution in [2.24, 2.45) is 5.14 Å². The molecular formula is C21H23N3O5S. The second-order valence-electron chi connectivity index (χ2n) is 6.96. The molecule has 0 aliphatic rings. The Morgan fingerprint density at radius 3 is 2.43 bits per heavy atom. The third-order valence-electron chi connectivity index (χ3n) is 4.64. The van der Waals surface area contributed by atoms with Crippen LogP contribution in [0.25, 0.3) is 0 Å². The van der Waals surface area contributed by atoms with Crippen molar-refractivity contribution in [3.63, 3.8) is 0 Å². The van der Waals surface area contributed by atoms with Crippen molar-refractivity contribution in [1.82, 2.24) is 10.5 Å². The van der Waals surface area contributed by atoms with Gasteiger partial charge in [0, 0.05) is 6.54 Å². The van der Waals surface area contributed by atoms with E-state index in [1.807, 2.05) is 26.8 Å². The molecule has 0 unspecified atom stereocenters. The van der Waals surface area contributed by atoms with E-state index < -0.39 is 10.0 Å². The summed E-state index contributed by atoms with van der Waals surface area (Å²) in [5.74, 6) is 0.824. The number of nitrogens with one attached hydrogen (secondary N) is 1. The average molecular weight is 429 g/mol. The first-order chi connectivity index (χ1) is 14.1. The van der Waals surface area contributed by atoms with E-state index in [0.717, 1.165) is 22.4 Å². The lowest BCUT2D eigenvalue weighted by Gasteiger charge is -2.13. The number of carbonyl (C=O) groups is 1. The van der Waals surface area contributed by atoms with E-state index in [0.29, 0.717) is 17.1 Å². The number of nitrogens with two attached hydrogens (primary N) is 1. The summed E-state index contributed by atoms with van der Waals surface area (Å²) in [7, 11) is -3.75. The zero-order valence-corrected chi connectivity index (χ0v) is 17.7. The largest absolute Gasteiger partial charge is 0.488 e. The van der Waals surface area contributed by atoms with E-state index in [4.69, 9.17) is 14.4 Å². The Kier molecular flexibility index (Phi) is 6.23. The number of aryl methyl sites for hydroxylation is 3. The fourth-order valence-corrected chi connectivity index (χ4v) is 3.38. The van der Waals surface area contributed by atoms with Crippen molar-refractivity contribution in [1.29, 1.82) is 0 Å². The van der Waals surface area contributed by atoms with Crippen molar-refractivity contribution in [2.45, 2.75) is 38.8 Å². The van der Waals surface area contributed by atoms with Crippen molar-refractivity contribution in [3.05, 3.63) is 76.2 Å². The van der Waals surface area contributed by atoms with Crippen LogP contribution in [0.1, 0.15) is 38.5 Å². The molecule has 3 N–H and O–H groups in total. The van der Waals surface area contributed by atoms with Crippen molar-refractivity contribution >= 4 is 15.9 Å². The monoisotopic (exact) mass is 429 g/mol. The third-order valence-corrected chi connectivity index (χ3v) is 5.57. The second kappa shape index (κ2) is 8.68. The van der Waals surface area contributed by atoms with E-state index in [9.17, 15) is 13.2 Å². The molecule has 3 aromatic rings. The highest BCUT2D eigenvalue weighted by Crippen LogP contribution is 2.23. The molecule has 1 amide bonds. The fraction of sp³-hybridized carbons (Fsp3) is 0.238. The van der Waals surface area contributed by atoms with Gasteiger partial charge in [-0.2, -0.15) is 0 Å². The quantitative estimate of drug-likeness (QED) is 0.595. The first-order valence-corrected chi connectivity index (χ1v) is 10.7. The maximum atomic E-state index is 12.7.